The fourth-order valence-electron chi connectivity index (χ4n) is 11.2. The highest BCUT2D eigenvalue weighted by atomic mass is 35.5. The van der Waals surface area contributed by atoms with Crippen molar-refractivity contribution in [3.05, 3.63) is 198 Å². The number of anilines is 2. The third-order valence-corrected chi connectivity index (χ3v) is 30.9. The molecule has 1 fully saturated rings. The van der Waals surface area contributed by atoms with Gasteiger partial charge in [-0.15, -0.1) is 11.8 Å². The smallest absolute Gasteiger partial charge is 0.410 e. The number of nitrogens with one attached hydrogen (secondary N) is 2. The average molecular weight is 1310 g/mol. The number of halogens is 4. The molecule has 11 nitrogen and oxygen atoms in total. The fourth-order valence-corrected chi connectivity index (χ4v) is 20.2. The highest BCUT2D eigenvalue weighted by molar-refractivity contribution is 7.99. The number of alkyl halides is 3. The van der Waals surface area contributed by atoms with Crippen LogP contribution in [-0.4, -0.2) is 101 Å². The number of carbonyl (C=O) groups is 1. The zero-order valence-electron chi connectivity index (χ0n) is 51.6. The lowest BCUT2D eigenvalue weighted by atomic mass is 9.84. The Morgan fingerprint density at radius 2 is 1.30 bits per heavy atom. The summed E-state index contributed by atoms with van der Waals surface area (Å²) < 4.78 is 115. The van der Waals surface area contributed by atoms with Crippen molar-refractivity contribution in [1.82, 2.24) is 9.62 Å². The first kappa shape index (κ1) is 68.2. The summed E-state index contributed by atoms with van der Waals surface area (Å²) in [5.41, 5.74) is -2.17. The SMILES string of the molecule is CCN(CCO[Si](c1ccccc1)(c1ccccc1)C(C)(C)C)CC[C@H](CSc1ccccc1)Nc1ccc(S(=O)(=O)NC(=O)c2ccc(N3CCC([C@@H](O[Si](C)(C)C(C)(C)C)c4ccccc4-c4ccc(Cl)cc4)CC3)cc2)cc1S(=O)(=O)C(F)(F)F. The normalized spacial score (nSPS) is 14.8. The number of nitrogens with zero attached hydrogens (tertiary/aromatic N) is 2. The van der Waals surface area contributed by atoms with Gasteiger partial charge in [-0.3, -0.25) is 4.79 Å². The third kappa shape index (κ3) is 16.2. The zero-order valence-corrected chi connectivity index (χ0v) is 56.8. The maximum absolute atomic E-state index is 14.7. The summed E-state index contributed by atoms with van der Waals surface area (Å²) in [6.45, 7) is 23.3. The highest BCUT2D eigenvalue weighted by Gasteiger charge is 2.51. The van der Waals surface area contributed by atoms with Crippen molar-refractivity contribution >= 4 is 87.5 Å². The third-order valence-electron chi connectivity index (χ3n) is 17.1. The van der Waals surface area contributed by atoms with Crippen LogP contribution >= 0.6 is 23.4 Å². The summed E-state index contributed by atoms with van der Waals surface area (Å²) in [5, 5.41) is 5.75. The molecule has 7 aromatic rings. The standard InChI is InChI=1S/C68H82ClF3N4O7S3Si2/c1-10-75(46-47-82-88(67(5,6)7,58-24-16-12-17-25-58)59-26-18-13-19-27-59)43-42-54(49-84-56-22-14-11-15-23-56)73-62-39-38-57(48-63(62)85(78,79)68(70,71)72)86(80,81)74-65(77)52-32-36-55(37-33-52)76-44-40-51(41-45-76)64(83-87(8,9)66(2,3)4)61-29-21-20-28-60(61)50-30-34-53(69)35-31-50/h11-39,48,51,54,64,73H,10,40-47,49H2,1-9H3,(H,74,77)/t54-,64-/m1/s1. The molecule has 1 amide bonds. The molecule has 0 radical (unpaired) electrons. The van der Waals surface area contributed by atoms with E-state index in [1.807, 2.05) is 109 Å². The van der Waals surface area contributed by atoms with E-state index in [0.29, 0.717) is 62.6 Å². The maximum Gasteiger partial charge on any atom is 0.501 e. The topological polar surface area (TPSA) is 134 Å². The van der Waals surface area contributed by atoms with Crippen LogP contribution in [0.3, 0.4) is 0 Å². The number of benzene rings is 7. The Kier molecular flexibility index (Phi) is 22.2. The van der Waals surface area contributed by atoms with Crippen LogP contribution < -0.4 is 25.3 Å². The molecule has 2 atom stereocenters. The zero-order chi connectivity index (χ0) is 63.7. The Labute approximate surface area is 531 Å². The van der Waals surface area contributed by atoms with Crippen LogP contribution in [0, 0.1) is 5.92 Å². The van der Waals surface area contributed by atoms with E-state index in [1.54, 1.807) is 12.1 Å². The monoisotopic (exact) mass is 1310 g/mol. The van der Waals surface area contributed by atoms with E-state index < -0.39 is 69.4 Å². The number of hydrogen-bond donors (Lipinski definition) is 2. The fraction of sp³-hybridized carbons (Fsp3) is 0.368. The molecule has 20 heteroatoms. The van der Waals surface area contributed by atoms with Crippen LogP contribution in [-0.2, 0) is 28.7 Å². The second-order valence-corrected chi connectivity index (χ2v) is 39.2. The molecular weight excluding hydrogens is 1230 g/mol. The van der Waals surface area contributed by atoms with Crippen LogP contribution in [0.2, 0.25) is 28.2 Å². The molecule has 0 aliphatic carbocycles. The van der Waals surface area contributed by atoms with Crippen molar-refractivity contribution in [2.75, 3.05) is 55.3 Å². The highest BCUT2D eigenvalue weighted by Crippen LogP contribution is 2.47. The van der Waals surface area contributed by atoms with Crippen molar-refractivity contribution < 1.29 is 43.7 Å². The average Bonchev–Trinajstić information content (AvgIpc) is 2.62. The molecule has 88 heavy (non-hydrogen) atoms. The van der Waals surface area contributed by atoms with E-state index in [2.05, 4.69) is 112 Å². The van der Waals surface area contributed by atoms with Gasteiger partial charge in [0.05, 0.1) is 16.7 Å². The Hall–Kier alpha value is -5.75. The van der Waals surface area contributed by atoms with E-state index in [1.165, 1.54) is 23.9 Å². The molecule has 0 unspecified atom stereocenters. The Balaban J connectivity index is 0.972. The molecule has 1 saturated heterocycles. The van der Waals surface area contributed by atoms with Gasteiger partial charge in [0.2, 0.25) is 0 Å². The van der Waals surface area contributed by atoms with Gasteiger partial charge >= 0.3 is 5.51 Å². The van der Waals surface area contributed by atoms with Crippen LogP contribution in [0.4, 0.5) is 24.5 Å². The lowest BCUT2D eigenvalue weighted by Crippen LogP contribution is -2.67. The van der Waals surface area contributed by atoms with Gasteiger partial charge < -0.3 is 24.0 Å². The Morgan fingerprint density at radius 1 is 0.727 bits per heavy atom. The van der Waals surface area contributed by atoms with E-state index in [-0.39, 0.29) is 27.7 Å². The second-order valence-electron chi connectivity index (χ2n) is 25.0. The van der Waals surface area contributed by atoms with Gasteiger partial charge in [0.1, 0.15) is 4.90 Å². The number of likely N-dealkylation sites (N-methyl/N-ethyl adjacent to an activating group) is 1. The Bertz CT molecular complexity index is 3630. The van der Waals surface area contributed by atoms with Gasteiger partial charge in [-0.1, -0.05) is 175 Å². The van der Waals surface area contributed by atoms with Gasteiger partial charge in [0.25, 0.3) is 34.1 Å². The van der Waals surface area contributed by atoms with Crippen LogP contribution in [0.25, 0.3) is 11.1 Å². The molecule has 8 rings (SSSR count). The summed E-state index contributed by atoms with van der Waals surface area (Å²) in [5.74, 6) is -0.554. The molecule has 0 spiro atoms. The van der Waals surface area contributed by atoms with Gasteiger partial charge in [0, 0.05) is 65.7 Å². The lowest BCUT2D eigenvalue weighted by Gasteiger charge is -2.44. The molecule has 7 aromatic carbocycles. The number of sulfonamides is 1. The summed E-state index contributed by atoms with van der Waals surface area (Å²) >= 11 is 7.74. The van der Waals surface area contributed by atoms with E-state index in [4.69, 9.17) is 20.5 Å². The molecule has 470 valence electrons. The van der Waals surface area contributed by atoms with E-state index in [0.717, 1.165) is 62.6 Å². The molecule has 2 N–H and O–H groups in total. The first-order valence-corrected chi connectivity index (χ1v) is 39.0. The minimum Gasteiger partial charge on any atom is -0.410 e. The molecule has 1 aliphatic rings. The number of piperidine rings is 1. The van der Waals surface area contributed by atoms with E-state index >= 15 is 0 Å². The number of amides is 1. The van der Waals surface area contributed by atoms with Crippen LogP contribution in [0.15, 0.2) is 197 Å². The van der Waals surface area contributed by atoms with Crippen LogP contribution in [0.1, 0.15) is 89.8 Å². The van der Waals surface area contributed by atoms with Crippen molar-refractivity contribution in [3.8, 4) is 11.1 Å². The molecule has 0 bridgehead atoms. The van der Waals surface area contributed by atoms with Gasteiger partial charge in [-0.2, -0.15) is 13.2 Å². The molecule has 1 aliphatic heterocycles. The van der Waals surface area contributed by atoms with Crippen molar-refractivity contribution in [2.45, 2.75) is 123 Å². The van der Waals surface area contributed by atoms with Gasteiger partial charge in [0.15, 0.2) is 8.32 Å². The number of hydrogen-bond acceptors (Lipinski definition) is 11. The van der Waals surface area contributed by atoms with Gasteiger partial charge in [-0.05, 0) is 149 Å². The van der Waals surface area contributed by atoms with E-state index in [9.17, 15) is 34.8 Å². The number of sulfone groups is 1. The van der Waals surface area contributed by atoms with Crippen molar-refractivity contribution in [1.29, 1.82) is 0 Å². The first-order chi connectivity index (χ1) is 41.5. The quantitative estimate of drug-likeness (QED) is 0.0418. The molecule has 0 aromatic heterocycles. The summed E-state index contributed by atoms with van der Waals surface area (Å²) in [6, 6.07) is 54.6. The first-order valence-electron chi connectivity index (χ1n) is 29.9. The predicted octanol–water partition coefficient (Wildman–Crippen LogP) is 15.3. The summed E-state index contributed by atoms with van der Waals surface area (Å²) in [4.78, 5) is 16.9. The largest absolute Gasteiger partial charge is 0.501 e. The lowest BCUT2D eigenvalue weighted by molar-refractivity contribution is -0.0436. The van der Waals surface area contributed by atoms with Gasteiger partial charge in [-0.25, -0.2) is 21.6 Å². The molecule has 0 saturated carbocycles. The van der Waals surface area contributed by atoms with Crippen molar-refractivity contribution in [2.24, 2.45) is 5.92 Å². The summed E-state index contributed by atoms with van der Waals surface area (Å²) in [7, 11) is -16.2. The van der Waals surface area contributed by atoms with Crippen LogP contribution in [0.5, 0.6) is 0 Å². The number of carbonyl (C=O) groups excluding carboxylic acids is 1. The second kappa shape index (κ2) is 28.6. The number of rotatable bonds is 25. The molecule has 1 heterocycles. The minimum atomic E-state index is -6.15. The number of thioether (sulfide) groups is 1. The minimum absolute atomic E-state index is 0.0280. The predicted molar refractivity (Wildman–Crippen MR) is 359 cm³/mol. The Morgan fingerprint density at radius 3 is 1.85 bits per heavy atom. The van der Waals surface area contributed by atoms with Crippen molar-refractivity contribution in [3.63, 3.8) is 0 Å². The molecular formula is C68H82ClF3N4O7S3Si2. The maximum atomic E-state index is 14.7. The summed E-state index contributed by atoms with van der Waals surface area (Å²) in [6.07, 6.45) is 1.80.